The van der Waals surface area contributed by atoms with Gasteiger partial charge < -0.3 is 10.8 Å². The smallest absolute Gasteiger partial charge is 0.124 e. The number of aliphatic hydroxyl groups excluding tert-OH is 1. The molecule has 0 heterocycles. The maximum absolute atomic E-state index is 12.8. The van der Waals surface area contributed by atoms with E-state index >= 15 is 0 Å². The fourth-order valence-electron chi connectivity index (χ4n) is 0.483. The average Bonchev–Trinajstić information content (AvgIpc) is 2.11. The zero-order valence-corrected chi connectivity index (χ0v) is 7.34. The minimum atomic E-state index is -0.442. The van der Waals surface area contributed by atoms with E-state index in [0.717, 1.165) is 0 Å². The van der Waals surface area contributed by atoms with E-state index in [1.54, 1.807) is 13.0 Å². The summed E-state index contributed by atoms with van der Waals surface area (Å²) >= 11 is 0. The Morgan fingerprint density at radius 3 is 2.50 bits per heavy atom. The van der Waals surface area contributed by atoms with E-state index in [9.17, 15) is 4.39 Å². The van der Waals surface area contributed by atoms with Gasteiger partial charge in [-0.25, -0.2) is 4.39 Å². The average molecular weight is 171 g/mol. The van der Waals surface area contributed by atoms with Gasteiger partial charge in [-0.2, -0.15) is 0 Å². The SMILES string of the molecule is C\C=C(N)/C=C\C(F)=C(/C)CO. The van der Waals surface area contributed by atoms with Crippen LogP contribution in [0.25, 0.3) is 0 Å². The van der Waals surface area contributed by atoms with Crippen LogP contribution in [-0.2, 0) is 0 Å². The summed E-state index contributed by atoms with van der Waals surface area (Å²) in [4.78, 5) is 0. The van der Waals surface area contributed by atoms with Crippen LogP contribution in [0.5, 0.6) is 0 Å². The Kier molecular flexibility index (Phi) is 5.04. The van der Waals surface area contributed by atoms with Crippen LogP contribution in [0, 0.1) is 0 Å². The standard InChI is InChI=1S/C9H14FNO/c1-3-8(11)4-5-9(10)7(2)6-12/h3-5,12H,6,11H2,1-2H3/b5-4-,8-3+,9-7-. The highest BCUT2D eigenvalue weighted by Crippen LogP contribution is 2.06. The molecule has 0 radical (unpaired) electrons. The summed E-state index contributed by atoms with van der Waals surface area (Å²) in [6.07, 6.45) is 4.35. The molecule has 0 aliphatic rings. The van der Waals surface area contributed by atoms with Gasteiger partial charge >= 0.3 is 0 Å². The third-order valence-corrected chi connectivity index (χ3v) is 1.40. The molecule has 0 aliphatic carbocycles. The number of nitrogens with two attached hydrogens (primary N) is 1. The van der Waals surface area contributed by atoms with Gasteiger partial charge in [0.25, 0.3) is 0 Å². The molecular formula is C9H14FNO. The van der Waals surface area contributed by atoms with E-state index in [1.807, 2.05) is 0 Å². The summed E-state index contributed by atoms with van der Waals surface area (Å²) in [5, 5.41) is 8.55. The van der Waals surface area contributed by atoms with Crippen LogP contribution in [0.15, 0.2) is 35.3 Å². The Hall–Kier alpha value is -1.09. The number of allylic oxidation sites excluding steroid dienone is 4. The van der Waals surface area contributed by atoms with Gasteiger partial charge in [0, 0.05) is 5.70 Å². The Balaban J connectivity index is 4.36. The third-order valence-electron chi connectivity index (χ3n) is 1.40. The fourth-order valence-corrected chi connectivity index (χ4v) is 0.483. The second-order valence-corrected chi connectivity index (χ2v) is 2.41. The summed E-state index contributed by atoms with van der Waals surface area (Å²) in [5.74, 6) is -0.442. The van der Waals surface area contributed by atoms with E-state index in [1.165, 1.54) is 19.1 Å². The molecule has 0 saturated heterocycles. The first-order chi connectivity index (χ1) is 5.61. The van der Waals surface area contributed by atoms with Gasteiger partial charge in [0.05, 0.1) is 6.61 Å². The van der Waals surface area contributed by atoms with Gasteiger partial charge in [0.2, 0.25) is 0 Å². The molecule has 68 valence electrons. The molecular weight excluding hydrogens is 157 g/mol. The maximum Gasteiger partial charge on any atom is 0.124 e. The van der Waals surface area contributed by atoms with Crippen LogP contribution in [-0.4, -0.2) is 11.7 Å². The van der Waals surface area contributed by atoms with Crippen molar-refractivity contribution in [1.82, 2.24) is 0 Å². The van der Waals surface area contributed by atoms with Crippen LogP contribution in [0.1, 0.15) is 13.8 Å². The molecule has 0 atom stereocenters. The molecule has 0 aliphatic heterocycles. The number of aliphatic hydroxyl groups is 1. The molecule has 0 unspecified atom stereocenters. The molecule has 0 fully saturated rings. The van der Waals surface area contributed by atoms with Crippen molar-refractivity contribution in [3.05, 3.63) is 35.3 Å². The molecule has 0 bridgehead atoms. The predicted octanol–water partition coefficient (Wildman–Crippen LogP) is 1.64. The van der Waals surface area contributed by atoms with Crippen molar-refractivity contribution in [2.75, 3.05) is 6.61 Å². The van der Waals surface area contributed by atoms with Crippen molar-refractivity contribution in [2.24, 2.45) is 5.73 Å². The molecule has 12 heavy (non-hydrogen) atoms. The van der Waals surface area contributed by atoms with Crippen molar-refractivity contribution in [3.8, 4) is 0 Å². The Bertz CT molecular complexity index is 229. The van der Waals surface area contributed by atoms with Crippen LogP contribution in [0.4, 0.5) is 4.39 Å². The van der Waals surface area contributed by atoms with E-state index in [2.05, 4.69) is 0 Å². The Labute approximate surface area is 71.9 Å². The van der Waals surface area contributed by atoms with Gasteiger partial charge in [-0.05, 0) is 31.6 Å². The van der Waals surface area contributed by atoms with Crippen molar-refractivity contribution in [1.29, 1.82) is 0 Å². The number of hydrogen-bond donors (Lipinski definition) is 2. The maximum atomic E-state index is 12.8. The van der Waals surface area contributed by atoms with Gasteiger partial charge in [0.1, 0.15) is 5.83 Å². The number of halogens is 1. The first-order valence-electron chi connectivity index (χ1n) is 3.67. The fraction of sp³-hybridized carbons (Fsp3) is 0.333. The van der Waals surface area contributed by atoms with Gasteiger partial charge in [0.15, 0.2) is 0 Å². The summed E-state index contributed by atoms with van der Waals surface area (Å²) in [5.41, 5.74) is 6.18. The molecule has 0 aromatic heterocycles. The van der Waals surface area contributed by atoms with Gasteiger partial charge in [-0.3, -0.25) is 0 Å². The summed E-state index contributed by atoms with van der Waals surface area (Å²) in [6.45, 7) is 3.01. The number of hydrogen-bond acceptors (Lipinski definition) is 2. The minimum absolute atomic E-state index is 0.272. The molecule has 3 heteroatoms. The molecule has 0 amide bonds. The van der Waals surface area contributed by atoms with E-state index in [-0.39, 0.29) is 6.61 Å². The monoisotopic (exact) mass is 171 g/mol. The second kappa shape index (κ2) is 5.55. The lowest BCUT2D eigenvalue weighted by Gasteiger charge is -1.94. The molecule has 3 N–H and O–H groups in total. The molecule has 0 spiro atoms. The van der Waals surface area contributed by atoms with Crippen molar-refractivity contribution >= 4 is 0 Å². The first kappa shape index (κ1) is 10.9. The molecule has 0 saturated carbocycles. The lowest BCUT2D eigenvalue weighted by molar-refractivity contribution is 0.327. The second-order valence-electron chi connectivity index (χ2n) is 2.41. The third kappa shape index (κ3) is 3.93. The zero-order chi connectivity index (χ0) is 9.56. The topological polar surface area (TPSA) is 46.2 Å². The Morgan fingerprint density at radius 2 is 2.08 bits per heavy atom. The van der Waals surface area contributed by atoms with E-state index in [4.69, 9.17) is 10.8 Å². The summed E-state index contributed by atoms with van der Waals surface area (Å²) in [6, 6.07) is 0. The van der Waals surface area contributed by atoms with Crippen molar-refractivity contribution < 1.29 is 9.50 Å². The zero-order valence-electron chi connectivity index (χ0n) is 7.34. The molecule has 0 aromatic carbocycles. The molecule has 0 aromatic rings. The lowest BCUT2D eigenvalue weighted by atomic mass is 10.2. The van der Waals surface area contributed by atoms with Crippen LogP contribution < -0.4 is 5.73 Å². The normalized spacial score (nSPS) is 15.2. The quantitative estimate of drug-likeness (QED) is 0.634. The highest BCUT2D eigenvalue weighted by atomic mass is 19.1. The molecule has 2 nitrogen and oxygen atoms in total. The summed E-state index contributed by atoms with van der Waals surface area (Å²) < 4.78 is 12.8. The highest BCUT2D eigenvalue weighted by molar-refractivity contribution is 5.25. The Morgan fingerprint density at radius 1 is 1.50 bits per heavy atom. The highest BCUT2D eigenvalue weighted by Gasteiger charge is 1.94. The van der Waals surface area contributed by atoms with Crippen molar-refractivity contribution in [3.63, 3.8) is 0 Å². The van der Waals surface area contributed by atoms with Crippen LogP contribution >= 0.6 is 0 Å². The van der Waals surface area contributed by atoms with Crippen LogP contribution in [0.2, 0.25) is 0 Å². The van der Waals surface area contributed by atoms with E-state index < -0.39 is 5.83 Å². The lowest BCUT2D eigenvalue weighted by Crippen LogP contribution is -1.92. The number of rotatable bonds is 3. The van der Waals surface area contributed by atoms with Crippen LogP contribution in [0.3, 0.4) is 0 Å². The minimum Gasteiger partial charge on any atom is -0.399 e. The summed E-state index contributed by atoms with van der Waals surface area (Å²) in [7, 11) is 0. The van der Waals surface area contributed by atoms with E-state index in [0.29, 0.717) is 11.3 Å². The first-order valence-corrected chi connectivity index (χ1v) is 3.67. The largest absolute Gasteiger partial charge is 0.399 e. The van der Waals surface area contributed by atoms with Gasteiger partial charge in [-0.1, -0.05) is 6.08 Å². The molecule has 0 rings (SSSR count). The van der Waals surface area contributed by atoms with Gasteiger partial charge in [-0.15, -0.1) is 0 Å². The predicted molar refractivity (Wildman–Crippen MR) is 48.0 cm³/mol. The van der Waals surface area contributed by atoms with Crippen molar-refractivity contribution in [2.45, 2.75) is 13.8 Å².